The molecule has 5 heteroatoms. The van der Waals surface area contributed by atoms with Gasteiger partial charge in [0.05, 0.1) is 5.56 Å². The first-order chi connectivity index (χ1) is 16.5. The zero-order valence-corrected chi connectivity index (χ0v) is 19.6. The van der Waals surface area contributed by atoms with Crippen LogP contribution in [0.1, 0.15) is 67.3 Å². The summed E-state index contributed by atoms with van der Waals surface area (Å²) in [6.45, 7) is 5.52. The van der Waals surface area contributed by atoms with Crippen LogP contribution in [0.25, 0.3) is 0 Å². The Morgan fingerprint density at radius 1 is 1.03 bits per heavy atom. The zero-order chi connectivity index (χ0) is 24.1. The first-order valence-electron chi connectivity index (χ1n) is 12.2. The Morgan fingerprint density at radius 3 is 2.38 bits per heavy atom. The Labute approximate surface area is 200 Å². The summed E-state index contributed by atoms with van der Waals surface area (Å²) in [6, 6.07) is 9.33. The van der Waals surface area contributed by atoms with E-state index in [0.717, 1.165) is 29.9 Å². The summed E-state index contributed by atoms with van der Waals surface area (Å²) in [5.74, 6) is -0.387. The molecule has 4 unspecified atom stereocenters. The second kappa shape index (κ2) is 11.0. The number of hydrogen-bond acceptors (Lipinski definition) is 3. The van der Waals surface area contributed by atoms with Gasteiger partial charge in [-0.2, -0.15) is 0 Å². The van der Waals surface area contributed by atoms with E-state index in [1.807, 2.05) is 12.1 Å². The van der Waals surface area contributed by atoms with Gasteiger partial charge in [-0.1, -0.05) is 36.9 Å². The molecule has 0 bridgehead atoms. The van der Waals surface area contributed by atoms with Gasteiger partial charge < -0.3 is 9.47 Å². The first kappa shape index (κ1) is 24.2. The monoisotopic (exact) mass is 466 g/mol. The summed E-state index contributed by atoms with van der Waals surface area (Å²) in [5, 5.41) is 0. The molecule has 0 N–H and O–H groups in total. The van der Waals surface area contributed by atoms with E-state index >= 15 is 0 Å². The molecule has 2 aromatic rings. The average Bonchev–Trinajstić information content (AvgIpc) is 2.83. The van der Waals surface area contributed by atoms with Gasteiger partial charge in [-0.05, 0) is 86.8 Å². The number of halogens is 2. The Morgan fingerprint density at radius 2 is 1.71 bits per heavy atom. The molecule has 0 spiro atoms. The minimum Gasteiger partial charge on any atom is -0.483 e. The van der Waals surface area contributed by atoms with Crippen molar-refractivity contribution in [2.45, 2.75) is 51.4 Å². The van der Waals surface area contributed by atoms with Gasteiger partial charge >= 0.3 is 5.97 Å². The summed E-state index contributed by atoms with van der Waals surface area (Å²) in [5.41, 5.74) is 1.59. The van der Waals surface area contributed by atoms with Gasteiger partial charge in [-0.3, -0.25) is 0 Å². The van der Waals surface area contributed by atoms with Crippen molar-refractivity contribution >= 4 is 5.97 Å². The molecular weight excluding hydrogens is 434 g/mol. The second-order valence-electron chi connectivity index (χ2n) is 9.46. The van der Waals surface area contributed by atoms with Crippen LogP contribution >= 0.6 is 0 Å². The van der Waals surface area contributed by atoms with Crippen LogP contribution in [0.2, 0.25) is 0 Å². The van der Waals surface area contributed by atoms with Crippen LogP contribution in [-0.4, -0.2) is 12.6 Å². The normalized spacial score (nSPS) is 24.4. The topological polar surface area (TPSA) is 35.5 Å². The number of benzene rings is 2. The first-order valence-corrected chi connectivity index (χ1v) is 12.2. The summed E-state index contributed by atoms with van der Waals surface area (Å²) in [7, 11) is 0. The molecule has 2 aliphatic rings. The van der Waals surface area contributed by atoms with E-state index in [-0.39, 0.29) is 12.4 Å². The number of esters is 1. The molecule has 0 saturated heterocycles. The van der Waals surface area contributed by atoms with Gasteiger partial charge in [0.2, 0.25) is 0 Å². The smallest absolute Gasteiger partial charge is 0.343 e. The standard InChI is InChI=1S/C29H32F2O3/c1-3-5-19-6-7-24-16-23(13-12-22(24)15-19)20-8-10-21(11-9-20)29(32)34-25-17-26(30)28(27(31)18-25)33-14-4-2/h3-5,8-11,17-19,22-24H,2,6-7,12-16H2,1H3/b5-3+. The number of rotatable bonds is 7. The molecule has 0 radical (unpaired) electrons. The fraction of sp³-hybridized carbons (Fsp3) is 0.414. The van der Waals surface area contributed by atoms with Crippen molar-refractivity contribution in [3.63, 3.8) is 0 Å². The maximum Gasteiger partial charge on any atom is 0.343 e. The lowest BCUT2D eigenvalue weighted by atomic mass is 9.64. The molecule has 0 aromatic heterocycles. The fourth-order valence-corrected chi connectivity index (χ4v) is 5.61. The Hall–Kier alpha value is -2.95. The van der Waals surface area contributed by atoms with E-state index in [0.29, 0.717) is 11.5 Å². The number of hydrogen-bond donors (Lipinski definition) is 0. The second-order valence-corrected chi connectivity index (χ2v) is 9.46. The van der Waals surface area contributed by atoms with Crippen molar-refractivity contribution in [1.29, 1.82) is 0 Å². The van der Waals surface area contributed by atoms with Crippen LogP contribution in [0.15, 0.2) is 61.2 Å². The fourth-order valence-electron chi connectivity index (χ4n) is 5.61. The molecule has 0 aliphatic heterocycles. The van der Waals surface area contributed by atoms with Crippen LogP contribution in [0.3, 0.4) is 0 Å². The van der Waals surface area contributed by atoms with Crippen LogP contribution in [0.5, 0.6) is 11.5 Å². The Bertz CT molecular complexity index is 1020. The quantitative estimate of drug-likeness (QED) is 0.239. The molecule has 180 valence electrons. The van der Waals surface area contributed by atoms with Crippen molar-refractivity contribution < 1.29 is 23.0 Å². The van der Waals surface area contributed by atoms with E-state index in [1.165, 1.54) is 50.2 Å². The lowest BCUT2D eigenvalue weighted by molar-refractivity contribution is 0.0733. The van der Waals surface area contributed by atoms with Gasteiger partial charge in [-0.25, -0.2) is 13.6 Å². The number of fused-ring (bicyclic) bond motifs is 1. The Balaban J connectivity index is 1.37. The van der Waals surface area contributed by atoms with Gasteiger partial charge in [-0.15, -0.1) is 0 Å². The maximum atomic E-state index is 14.1. The molecule has 3 nitrogen and oxygen atoms in total. The number of carbonyl (C=O) groups excluding carboxylic acids is 1. The molecular formula is C29H32F2O3. The SMILES string of the molecule is C=CCOc1c(F)cc(OC(=O)c2ccc(C3CCC4CC(/C=C/C)CCC4C3)cc2)cc1F. The minimum absolute atomic E-state index is 0.0293. The van der Waals surface area contributed by atoms with Gasteiger partial charge in [0.25, 0.3) is 0 Å². The molecule has 2 aliphatic carbocycles. The zero-order valence-electron chi connectivity index (χ0n) is 19.6. The predicted octanol–water partition coefficient (Wildman–Crippen LogP) is 7.62. The lowest BCUT2D eigenvalue weighted by Crippen LogP contribution is -2.30. The van der Waals surface area contributed by atoms with Crippen molar-refractivity contribution in [1.82, 2.24) is 0 Å². The molecule has 4 rings (SSSR count). The molecule has 34 heavy (non-hydrogen) atoms. The molecule has 0 amide bonds. The number of allylic oxidation sites excluding steroid dienone is 2. The highest BCUT2D eigenvalue weighted by molar-refractivity contribution is 5.91. The molecule has 2 saturated carbocycles. The van der Waals surface area contributed by atoms with Crippen LogP contribution < -0.4 is 9.47 Å². The largest absolute Gasteiger partial charge is 0.483 e. The van der Waals surface area contributed by atoms with E-state index in [1.54, 1.807) is 12.1 Å². The Kier molecular flexibility index (Phi) is 7.81. The molecule has 0 heterocycles. The summed E-state index contributed by atoms with van der Waals surface area (Å²) in [4.78, 5) is 12.5. The number of ether oxygens (including phenoxy) is 2. The van der Waals surface area contributed by atoms with Gasteiger partial charge in [0.15, 0.2) is 17.4 Å². The third-order valence-corrected chi connectivity index (χ3v) is 7.26. The predicted molar refractivity (Wildman–Crippen MR) is 129 cm³/mol. The average molecular weight is 467 g/mol. The van der Waals surface area contributed by atoms with Crippen LogP contribution in [-0.2, 0) is 0 Å². The molecule has 2 aromatic carbocycles. The van der Waals surface area contributed by atoms with Crippen molar-refractivity contribution in [2.75, 3.05) is 6.61 Å². The third-order valence-electron chi connectivity index (χ3n) is 7.26. The van der Waals surface area contributed by atoms with Crippen molar-refractivity contribution in [2.24, 2.45) is 17.8 Å². The van der Waals surface area contributed by atoms with Crippen molar-refractivity contribution in [3.05, 3.63) is 84.0 Å². The van der Waals surface area contributed by atoms with Crippen LogP contribution in [0, 0.1) is 29.4 Å². The van der Waals surface area contributed by atoms with E-state index in [2.05, 4.69) is 25.7 Å². The summed E-state index contributed by atoms with van der Waals surface area (Å²) < 4.78 is 38.4. The molecule has 4 atom stereocenters. The number of carbonyl (C=O) groups is 1. The van der Waals surface area contributed by atoms with E-state index < -0.39 is 23.4 Å². The highest BCUT2D eigenvalue weighted by Crippen LogP contribution is 2.47. The maximum absolute atomic E-state index is 14.1. The molecule has 2 fully saturated rings. The van der Waals surface area contributed by atoms with Gasteiger partial charge in [0.1, 0.15) is 12.4 Å². The summed E-state index contributed by atoms with van der Waals surface area (Å²) in [6.07, 6.45) is 13.5. The minimum atomic E-state index is -0.935. The highest BCUT2D eigenvalue weighted by atomic mass is 19.1. The van der Waals surface area contributed by atoms with Crippen LogP contribution in [0.4, 0.5) is 8.78 Å². The lowest BCUT2D eigenvalue weighted by Gasteiger charge is -2.41. The highest BCUT2D eigenvalue weighted by Gasteiger charge is 2.35. The van der Waals surface area contributed by atoms with Gasteiger partial charge in [0, 0.05) is 12.1 Å². The third kappa shape index (κ3) is 5.57. The van der Waals surface area contributed by atoms with E-state index in [4.69, 9.17) is 9.47 Å². The van der Waals surface area contributed by atoms with E-state index in [9.17, 15) is 13.6 Å². The summed E-state index contributed by atoms with van der Waals surface area (Å²) >= 11 is 0. The van der Waals surface area contributed by atoms with Crippen molar-refractivity contribution in [3.8, 4) is 11.5 Å².